The number of halogens is 3. The molecule has 0 radical (unpaired) electrons. The quantitative estimate of drug-likeness (QED) is 0.886. The van der Waals surface area contributed by atoms with Gasteiger partial charge in [-0.25, -0.2) is 0 Å². The average Bonchev–Trinajstić information content (AvgIpc) is 2.59. The van der Waals surface area contributed by atoms with Crippen molar-refractivity contribution in [3.8, 4) is 0 Å². The van der Waals surface area contributed by atoms with Crippen LogP contribution in [0.4, 0.5) is 13.2 Å². The Morgan fingerprint density at radius 1 is 1.44 bits per heavy atom. The van der Waals surface area contributed by atoms with Crippen LogP contribution in [-0.2, 0) is 11.8 Å². The molecule has 1 aromatic rings. The van der Waals surface area contributed by atoms with E-state index in [-0.39, 0.29) is 10.6 Å². The third-order valence-electron chi connectivity index (χ3n) is 2.15. The summed E-state index contributed by atoms with van der Waals surface area (Å²) in [6.45, 7) is -2.59. The number of nitrogens with zero attached hydrogens (tertiary/aromatic N) is 2. The second kappa shape index (κ2) is 5.11. The van der Waals surface area contributed by atoms with Gasteiger partial charge in [0.1, 0.15) is 18.8 Å². The fourth-order valence-corrected chi connectivity index (χ4v) is 1.42. The van der Waals surface area contributed by atoms with E-state index in [1.54, 1.807) is 0 Å². The van der Waals surface area contributed by atoms with Crippen LogP contribution in [-0.4, -0.2) is 45.7 Å². The molecule has 0 atom stereocenters. The van der Waals surface area contributed by atoms with Crippen molar-refractivity contribution in [2.75, 3.05) is 13.1 Å². The van der Waals surface area contributed by atoms with Crippen molar-refractivity contribution < 1.29 is 27.9 Å². The van der Waals surface area contributed by atoms with E-state index in [1.165, 1.54) is 29.9 Å². The number of aromatic nitrogens is 1. The molecule has 0 fully saturated rings. The molecule has 0 spiro atoms. The van der Waals surface area contributed by atoms with E-state index in [2.05, 4.69) is 0 Å². The number of aryl methyl sites for hydroxylation is 1. The minimum atomic E-state index is -4.64. The first-order valence-corrected chi connectivity index (χ1v) is 4.90. The zero-order chi connectivity index (χ0) is 13.9. The number of hydrogen-bond donors (Lipinski definition) is 1. The number of carbonyl (C=O) groups excluding carboxylic acids is 1. The van der Waals surface area contributed by atoms with Crippen molar-refractivity contribution in [3.63, 3.8) is 0 Å². The molecule has 1 heterocycles. The molecule has 0 aliphatic heterocycles. The Bertz CT molecular complexity index is 453. The Morgan fingerprint density at radius 2 is 2.06 bits per heavy atom. The summed E-state index contributed by atoms with van der Waals surface area (Å²) >= 11 is 0. The number of rotatable bonds is 4. The van der Waals surface area contributed by atoms with Gasteiger partial charge in [-0.05, 0) is 12.1 Å². The highest BCUT2D eigenvalue weighted by atomic mass is 19.4. The molecule has 0 unspecified atom stereocenters. The van der Waals surface area contributed by atoms with E-state index in [0.717, 1.165) is 0 Å². The van der Waals surface area contributed by atoms with Gasteiger partial charge < -0.3 is 14.6 Å². The van der Waals surface area contributed by atoms with Crippen LogP contribution in [0, 0.1) is 0 Å². The predicted molar refractivity (Wildman–Crippen MR) is 55.0 cm³/mol. The molecule has 18 heavy (non-hydrogen) atoms. The Labute approximate surface area is 100 Å². The van der Waals surface area contributed by atoms with Crippen molar-refractivity contribution in [2.45, 2.75) is 6.18 Å². The molecular weight excluding hydrogens is 253 g/mol. The molecule has 8 heteroatoms. The molecule has 1 N–H and O–H groups in total. The van der Waals surface area contributed by atoms with Crippen LogP contribution >= 0.6 is 0 Å². The smallest absolute Gasteiger partial charge is 0.406 e. The Kier molecular flexibility index (Phi) is 4.00. The van der Waals surface area contributed by atoms with Crippen LogP contribution in [0.1, 0.15) is 10.5 Å². The van der Waals surface area contributed by atoms with Gasteiger partial charge in [0.15, 0.2) is 0 Å². The summed E-state index contributed by atoms with van der Waals surface area (Å²) in [7, 11) is 1.49. The lowest BCUT2D eigenvalue weighted by atomic mass is 10.3. The van der Waals surface area contributed by atoms with Gasteiger partial charge in [0.25, 0.3) is 5.91 Å². The summed E-state index contributed by atoms with van der Waals surface area (Å²) in [5.41, 5.74) is 0.000463. The Balaban J connectivity index is 2.93. The van der Waals surface area contributed by atoms with Gasteiger partial charge in [0.05, 0.1) is 0 Å². The highest BCUT2D eigenvalue weighted by molar-refractivity contribution is 5.94. The first-order valence-electron chi connectivity index (χ1n) is 4.90. The third kappa shape index (κ3) is 3.79. The van der Waals surface area contributed by atoms with E-state index in [9.17, 15) is 22.8 Å². The maximum absolute atomic E-state index is 12.3. The van der Waals surface area contributed by atoms with E-state index in [0.29, 0.717) is 0 Å². The number of amides is 1. The molecular formula is C10H11F3N2O3. The summed E-state index contributed by atoms with van der Waals surface area (Å²) < 4.78 is 38.1. The molecule has 1 rings (SSSR count). The van der Waals surface area contributed by atoms with Crippen LogP contribution in [0.15, 0.2) is 18.3 Å². The number of hydrogen-bond acceptors (Lipinski definition) is 2. The molecule has 0 aliphatic rings. The molecule has 1 aromatic heterocycles. The topological polar surface area (TPSA) is 62.5 Å². The minimum Gasteiger partial charge on any atom is -0.480 e. The molecule has 0 aromatic carbocycles. The maximum Gasteiger partial charge on any atom is 0.406 e. The average molecular weight is 264 g/mol. The molecule has 0 saturated heterocycles. The molecule has 100 valence electrons. The standard InChI is InChI=1S/C10H11F3N2O3/c1-14-4-2-3-7(14)9(18)15(5-8(16)17)6-10(11,12)13/h2-4H,5-6H2,1H3,(H,16,17). The maximum atomic E-state index is 12.3. The van der Waals surface area contributed by atoms with Crippen molar-refractivity contribution in [1.29, 1.82) is 0 Å². The van der Waals surface area contributed by atoms with E-state index >= 15 is 0 Å². The summed E-state index contributed by atoms with van der Waals surface area (Å²) in [4.78, 5) is 22.5. The van der Waals surface area contributed by atoms with Crippen molar-refractivity contribution in [3.05, 3.63) is 24.0 Å². The first-order chi connectivity index (χ1) is 8.20. The molecule has 1 amide bonds. The highest BCUT2D eigenvalue weighted by Gasteiger charge is 2.34. The number of carboxylic acids is 1. The highest BCUT2D eigenvalue weighted by Crippen LogP contribution is 2.18. The van der Waals surface area contributed by atoms with Gasteiger partial charge in [-0.15, -0.1) is 0 Å². The third-order valence-corrected chi connectivity index (χ3v) is 2.15. The summed E-state index contributed by atoms with van der Waals surface area (Å²) in [6.07, 6.45) is -3.16. The van der Waals surface area contributed by atoms with Crippen molar-refractivity contribution >= 4 is 11.9 Å². The van der Waals surface area contributed by atoms with Crippen molar-refractivity contribution in [2.24, 2.45) is 7.05 Å². The lowest BCUT2D eigenvalue weighted by Crippen LogP contribution is -2.42. The molecule has 5 nitrogen and oxygen atoms in total. The zero-order valence-electron chi connectivity index (χ0n) is 9.44. The van der Waals surface area contributed by atoms with Crippen LogP contribution < -0.4 is 0 Å². The van der Waals surface area contributed by atoms with Crippen LogP contribution in [0.2, 0.25) is 0 Å². The van der Waals surface area contributed by atoms with Crippen LogP contribution in [0.3, 0.4) is 0 Å². The van der Waals surface area contributed by atoms with Gasteiger partial charge in [0.2, 0.25) is 0 Å². The fraction of sp³-hybridized carbons (Fsp3) is 0.400. The molecule has 0 saturated carbocycles. The summed E-state index contributed by atoms with van der Waals surface area (Å²) in [5, 5.41) is 8.53. The normalized spacial score (nSPS) is 11.3. The zero-order valence-corrected chi connectivity index (χ0v) is 9.44. The monoisotopic (exact) mass is 264 g/mol. The second-order valence-electron chi connectivity index (χ2n) is 3.67. The minimum absolute atomic E-state index is 0.000463. The van der Waals surface area contributed by atoms with Gasteiger partial charge in [-0.3, -0.25) is 9.59 Å². The van der Waals surface area contributed by atoms with Gasteiger partial charge in [-0.1, -0.05) is 0 Å². The van der Waals surface area contributed by atoms with Crippen LogP contribution in [0.5, 0.6) is 0 Å². The Hall–Kier alpha value is -1.99. The van der Waals surface area contributed by atoms with E-state index in [4.69, 9.17) is 5.11 Å². The van der Waals surface area contributed by atoms with Gasteiger partial charge in [0, 0.05) is 13.2 Å². The lowest BCUT2D eigenvalue weighted by Gasteiger charge is -2.22. The lowest BCUT2D eigenvalue weighted by molar-refractivity contribution is -0.149. The Morgan fingerprint density at radius 3 is 2.44 bits per heavy atom. The summed E-state index contributed by atoms with van der Waals surface area (Å²) in [5.74, 6) is -2.47. The largest absolute Gasteiger partial charge is 0.480 e. The van der Waals surface area contributed by atoms with E-state index in [1.807, 2.05) is 0 Å². The van der Waals surface area contributed by atoms with Crippen LogP contribution in [0.25, 0.3) is 0 Å². The predicted octanol–water partition coefficient (Wildman–Crippen LogP) is 1.11. The number of carboxylic acid groups (broad SMARTS) is 1. The molecule has 0 aliphatic carbocycles. The van der Waals surface area contributed by atoms with Gasteiger partial charge in [-0.2, -0.15) is 13.2 Å². The van der Waals surface area contributed by atoms with Crippen molar-refractivity contribution in [1.82, 2.24) is 9.47 Å². The summed E-state index contributed by atoms with van der Waals surface area (Å²) in [6, 6.07) is 2.81. The number of carbonyl (C=O) groups is 2. The van der Waals surface area contributed by atoms with Gasteiger partial charge >= 0.3 is 12.1 Å². The van der Waals surface area contributed by atoms with E-state index < -0.39 is 31.1 Å². The number of alkyl halides is 3. The second-order valence-corrected chi connectivity index (χ2v) is 3.67. The number of aliphatic carboxylic acids is 1. The molecule has 0 bridgehead atoms. The SMILES string of the molecule is Cn1cccc1C(=O)N(CC(=O)O)CC(F)(F)F. The fourth-order valence-electron chi connectivity index (χ4n) is 1.42. The first kappa shape index (κ1) is 14.1.